The Balaban J connectivity index is 1.33. The van der Waals surface area contributed by atoms with Crippen molar-refractivity contribution in [1.82, 2.24) is 0 Å². The van der Waals surface area contributed by atoms with Gasteiger partial charge in [0.25, 0.3) is 0 Å². The van der Waals surface area contributed by atoms with Crippen molar-refractivity contribution in [3.05, 3.63) is 23.3 Å². The first-order chi connectivity index (χ1) is 15.9. The van der Waals surface area contributed by atoms with E-state index in [0.29, 0.717) is 24.3 Å². The molecule has 0 aromatic heterocycles. The first kappa shape index (κ1) is 22.9. The zero-order valence-corrected chi connectivity index (χ0v) is 21.0. The summed E-state index contributed by atoms with van der Waals surface area (Å²) >= 11 is 0. The lowest BCUT2D eigenvalue weighted by Gasteiger charge is -2.60. The van der Waals surface area contributed by atoms with Crippen molar-refractivity contribution < 1.29 is 29.3 Å². The lowest BCUT2D eigenvalue weighted by atomic mass is 9.43. The van der Waals surface area contributed by atoms with Crippen LogP contribution in [0.4, 0.5) is 0 Å². The van der Waals surface area contributed by atoms with Crippen LogP contribution in [0.25, 0.3) is 0 Å². The molecule has 0 amide bonds. The fraction of sp³-hybridized carbons (Fsp3) is 0.786. The van der Waals surface area contributed by atoms with Crippen LogP contribution in [0.3, 0.4) is 0 Å². The zero-order chi connectivity index (χ0) is 24.4. The van der Waals surface area contributed by atoms with E-state index in [1.807, 2.05) is 26.8 Å². The summed E-state index contributed by atoms with van der Waals surface area (Å²) in [7, 11) is 0. The van der Waals surface area contributed by atoms with Crippen LogP contribution in [0.5, 0.6) is 0 Å². The summed E-state index contributed by atoms with van der Waals surface area (Å²) in [5, 5.41) is 23.6. The van der Waals surface area contributed by atoms with Crippen molar-refractivity contribution in [1.29, 1.82) is 0 Å². The van der Waals surface area contributed by atoms with Gasteiger partial charge in [-0.2, -0.15) is 0 Å². The predicted octanol–water partition coefficient (Wildman–Crippen LogP) is 3.50. The van der Waals surface area contributed by atoms with Gasteiger partial charge in [0.15, 0.2) is 5.78 Å². The minimum absolute atomic E-state index is 0.0114. The van der Waals surface area contributed by atoms with Gasteiger partial charge in [-0.15, -0.1) is 0 Å². The molecule has 0 radical (unpaired) electrons. The lowest BCUT2D eigenvalue weighted by Crippen LogP contribution is -2.67. The van der Waals surface area contributed by atoms with Gasteiger partial charge < -0.3 is 19.7 Å². The van der Waals surface area contributed by atoms with Crippen LogP contribution in [0.1, 0.15) is 73.1 Å². The van der Waals surface area contributed by atoms with E-state index in [2.05, 4.69) is 6.92 Å². The Morgan fingerprint density at radius 1 is 1.12 bits per heavy atom. The smallest absolute Gasteiger partial charge is 0.334 e. The topological polar surface area (TPSA) is 96.4 Å². The third kappa shape index (κ3) is 2.58. The summed E-state index contributed by atoms with van der Waals surface area (Å²) in [6.07, 6.45) is 7.18. The molecule has 3 saturated carbocycles. The molecule has 0 aromatic rings. The second kappa shape index (κ2) is 6.83. The first-order valence-electron chi connectivity index (χ1n) is 13.1. The summed E-state index contributed by atoms with van der Waals surface area (Å²) in [4.78, 5) is 25.7. The van der Waals surface area contributed by atoms with Gasteiger partial charge in [-0.1, -0.05) is 18.6 Å². The maximum atomic E-state index is 13.3. The minimum atomic E-state index is -1.14. The molecule has 0 aromatic carbocycles. The number of hydrogen-bond donors (Lipinski definition) is 2. The molecule has 4 aliphatic carbocycles. The fourth-order valence-electron chi connectivity index (χ4n) is 9.36. The second-order valence-electron chi connectivity index (χ2n) is 12.8. The van der Waals surface area contributed by atoms with Gasteiger partial charge in [0.1, 0.15) is 23.4 Å². The van der Waals surface area contributed by atoms with Gasteiger partial charge >= 0.3 is 5.97 Å². The van der Waals surface area contributed by atoms with E-state index in [9.17, 15) is 19.8 Å². The zero-order valence-electron chi connectivity index (χ0n) is 21.0. The maximum absolute atomic E-state index is 13.3. The lowest BCUT2D eigenvalue weighted by molar-refractivity contribution is -0.195. The first-order valence-corrected chi connectivity index (χ1v) is 13.1. The number of ether oxygens (including phenoxy) is 2. The molecule has 6 rings (SSSR count). The van der Waals surface area contributed by atoms with Crippen molar-refractivity contribution in [2.24, 2.45) is 34.5 Å². The fourth-order valence-corrected chi connectivity index (χ4v) is 9.36. The highest BCUT2D eigenvalue weighted by Crippen LogP contribution is 2.72. The highest BCUT2D eigenvalue weighted by Gasteiger charge is 2.78. The molecule has 6 aliphatic rings. The number of ketones is 1. The number of allylic oxidation sites excluding steroid dienone is 1. The van der Waals surface area contributed by atoms with E-state index in [-0.39, 0.29) is 47.1 Å². The van der Waals surface area contributed by atoms with Crippen molar-refractivity contribution >= 4 is 11.8 Å². The Kier molecular flexibility index (Phi) is 4.61. The number of cyclic esters (lactones) is 1. The second-order valence-corrected chi connectivity index (χ2v) is 12.8. The molecule has 34 heavy (non-hydrogen) atoms. The molecule has 0 spiro atoms. The molecule has 11 atom stereocenters. The molecule has 2 heterocycles. The van der Waals surface area contributed by atoms with Crippen LogP contribution >= 0.6 is 0 Å². The van der Waals surface area contributed by atoms with Crippen molar-refractivity contribution in [3.63, 3.8) is 0 Å². The Labute approximate surface area is 201 Å². The van der Waals surface area contributed by atoms with Gasteiger partial charge in [0.05, 0.1) is 11.5 Å². The quantitative estimate of drug-likeness (QED) is 0.474. The number of hydrogen-bond acceptors (Lipinski definition) is 6. The number of fused-ring (bicyclic) bond motifs is 8. The maximum Gasteiger partial charge on any atom is 0.334 e. The monoisotopic (exact) mass is 470 g/mol. The Morgan fingerprint density at radius 2 is 1.85 bits per heavy atom. The van der Waals surface area contributed by atoms with Gasteiger partial charge in [-0.3, -0.25) is 4.79 Å². The molecule has 2 aliphatic heterocycles. The van der Waals surface area contributed by atoms with E-state index < -0.39 is 22.7 Å². The molecule has 6 heteroatoms. The number of carbonyl (C=O) groups excluding carboxylic acids is 2. The molecule has 2 N–H and O–H groups in total. The SMILES string of the molecule is CC1=C(C)C(=O)O[C@H]([C@@](C)(O)[C@@H]2CC[C@@H]3[C@H]4[C@H]5O[C@H]5[C@]5(O)CC=CC(=O)[C@@]5(C)[C@@H]4CC[C@]32C)C1. The minimum Gasteiger partial charge on any atom is -0.456 e. The Bertz CT molecular complexity index is 1030. The molecular weight excluding hydrogens is 432 g/mol. The summed E-state index contributed by atoms with van der Waals surface area (Å²) in [5.74, 6) is 0.263. The van der Waals surface area contributed by atoms with Gasteiger partial charge in [-0.25, -0.2) is 4.79 Å². The molecule has 4 fully saturated rings. The van der Waals surface area contributed by atoms with Gasteiger partial charge in [0.2, 0.25) is 0 Å². The average Bonchev–Trinajstić information content (AvgIpc) is 3.49. The Hall–Kier alpha value is -1.50. The average molecular weight is 471 g/mol. The summed E-state index contributed by atoms with van der Waals surface area (Å²) in [6.45, 7) is 9.86. The van der Waals surface area contributed by atoms with E-state index in [4.69, 9.17) is 9.47 Å². The van der Waals surface area contributed by atoms with Crippen LogP contribution in [0, 0.1) is 34.5 Å². The summed E-state index contributed by atoms with van der Waals surface area (Å²) in [5.41, 5.74) is -1.60. The van der Waals surface area contributed by atoms with Crippen molar-refractivity contribution in [2.75, 3.05) is 0 Å². The normalized spacial score (nSPS) is 53.3. The van der Waals surface area contributed by atoms with Crippen LogP contribution < -0.4 is 0 Å². The van der Waals surface area contributed by atoms with E-state index >= 15 is 0 Å². The van der Waals surface area contributed by atoms with Crippen LogP contribution in [0.2, 0.25) is 0 Å². The predicted molar refractivity (Wildman–Crippen MR) is 125 cm³/mol. The Morgan fingerprint density at radius 3 is 2.56 bits per heavy atom. The summed E-state index contributed by atoms with van der Waals surface area (Å²) in [6, 6.07) is 0. The highest BCUT2D eigenvalue weighted by atomic mass is 16.6. The van der Waals surface area contributed by atoms with Gasteiger partial charge in [-0.05, 0) is 95.0 Å². The largest absolute Gasteiger partial charge is 0.456 e. The molecule has 186 valence electrons. The molecule has 1 saturated heterocycles. The molecule has 0 bridgehead atoms. The number of rotatable bonds is 2. The third-order valence-electron chi connectivity index (χ3n) is 11.6. The number of epoxide rings is 1. The summed E-state index contributed by atoms with van der Waals surface area (Å²) < 4.78 is 12.0. The molecule has 0 unspecified atom stereocenters. The van der Waals surface area contributed by atoms with Crippen molar-refractivity contribution in [3.8, 4) is 0 Å². The van der Waals surface area contributed by atoms with E-state index in [1.165, 1.54) is 0 Å². The molecule has 6 nitrogen and oxygen atoms in total. The van der Waals surface area contributed by atoms with E-state index in [0.717, 1.165) is 31.3 Å². The van der Waals surface area contributed by atoms with Gasteiger partial charge in [0, 0.05) is 12.0 Å². The number of esters is 1. The van der Waals surface area contributed by atoms with Crippen molar-refractivity contribution in [2.45, 2.75) is 103 Å². The third-order valence-corrected chi connectivity index (χ3v) is 11.6. The van der Waals surface area contributed by atoms with Crippen LogP contribution in [-0.2, 0) is 19.1 Å². The molecular formula is C28H38O6. The van der Waals surface area contributed by atoms with Crippen LogP contribution in [0.15, 0.2) is 23.3 Å². The standard InChI is InChI=1S/C28H38O6/c1-14-13-20(33-24(30)15(14)2)27(5,31)18-9-8-16-21-17(10-12-25(16,18)3)26(4)19(29)7-6-11-28(26,32)23-22(21)34-23/h6-7,16-18,20-23,31-32H,8-13H2,1-5H3/t16-,17-,18-,20+,21-,22-,23-,25-,26-,27+,28-/m1/s1. The number of aliphatic hydroxyl groups is 2. The number of carbonyl (C=O) groups is 2. The van der Waals surface area contributed by atoms with Crippen LogP contribution in [-0.4, -0.2) is 51.5 Å². The highest BCUT2D eigenvalue weighted by molar-refractivity contribution is 5.97. The van der Waals surface area contributed by atoms with E-state index in [1.54, 1.807) is 13.0 Å².